The third kappa shape index (κ3) is 3.75. The molecule has 2 aromatic heterocycles. The fraction of sp³-hybridized carbons (Fsp3) is 0.300. The Morgan fingerprint density at radius 3 is 2.90 bits per heavy atom. The number of amides is 1. The Hall–Kier alpha value is -2.65. The van der Waals surface area contributed by atoms with Gasteiger partial charge in [0.05, 0.1) is 29.9 Å². The highest BCUT2D eigenvalue weighted by atomic mass is 35.5. The fourth-order valence-corrected chi connectivity index (χ4v) is 4.31. The molecule has 10 heteroatoms. The molecule has 3 aromatic rings. The van der Waals surface area contributed by atoms with E-state index in [4.69, 9.17) is 23.8 Å². The summed E-state index contributed by atoms with van der Waals surface area (Å²) in [5, 5.41) is 2.69. The minimum Gasteiger partial charge on any atom is -0.350 e. The van der Waals surface area contributed by atoms with Crippen molar-refractivity contribution in [1.29, 1.82) is 0 Å². The van der Waals surface area contributed by atoms with Gasteiger partial charge in [-0.25, -0.2) is 8.78 Å². The van der Waals surface area contributed by atoms with Crippen molar-refractivity contribution in [2.45, 2.75) is 31.8 Å². The van der Waals surface area contributed by atoms with Crippen molar-refractivity contribution >= 4 is 29.7 Å². The van der Waals surface area contributed by atoms with E-state index in [1.165, 1.54) is 12.1 Å². The maximum absolute atomic E-state index is 14.5. The van der Waals surface area contributed by atoms with E-state index in [-0.39, 0.29) is 29.5 Å². The fourth-order valence-electron chi connectivity index (χ4n) is 3.85. The monoisotopic (exact) mass is 449 g/mol. The van der Waals surface area contributed by atoms with Gasteiger partial charge >= 0.3 is 0 Å². The van der Waals surface area contributed by atoms with Crippen LogP contribution in [0.4, 0.5) is 8.78 Å². The summed E-state index contributed by atoms with van der Waals surface area (Å²) in [6.45, 7) is 0.589. The third-order valence-electron chi connectivity index (χ3n) is 5.32. The molecule has 0 fully saturated rings. The number of halogens is 3. The zero-order valence-corrected chi connectivity index (χ0v) is 17.6. The van der Waals surface area contributed by atoms with Crippen LogP contribution in [0.2, 0.25) is 5.02 Å². The molecular formula is C20H18ClF2N5OS. The Bertz CT molecular complexity index is 1180. The van der Waals surface area contributed by atoms with Crippen LogP contribution in [0.15, 0.2) is 30.7 Å². The van der Waals surface area contributed by atoms with Crippen LogP contribution < -0.4 is 5.32 Å². The average Bonchev–Trinajstić information content (AvgIpc) is 3.25. The van der Waals surface area contributed by atoms with Gasteiger partial charge in [-0.05, 0) is 30.8 Å². The summed E-state index contributed by atoms with van der Waals surface area (Å²) >= 11 is 11.3. The Kier molecular flexibility index (Phi) is 5.66. The molecule has 1 unspecified atom stereocenters. The summed E-state index contributed by atoms with van der Waals surface area (Å²) in [6.07, 6.45) is 5.15. The molecule has 0 spiro atoms. The molecule has 1 aliphatic rings. The van der Waals surface area contributed by atoms with Crippen molar-refractivity contribution in [2.24, 2.45) is 7.05 Å². The topological polar surface area (TPSA) is 64.7 Å². The van der Waals surface area contributed by atoms with Crippen molar-refractivity contribution in [3.63, 3.8) is 0 Å². The first kappa shape index (κ1) is 20.6. The van der Waals surface area contributed by atoms with Gasteiger partial charge in [0.25, 0.3) is 0 Å². The van der Waals surface area contributed by atoms with E-state index >= 15 is 0 Å². The Labute approximate surface area is 181 Å². The van der Waals surface area contributed by atoms with Gasteiger partial charge in [-0.15, -0.1) is 0 Å². The van der Waals surface area contributed by atoms with E-state index in [9.17, 15) is 13.6 Å². The Morgan fingerprint density at radius 1 is 1.37 bits per heavy atom. The van der Waals surface area contributed by atoms with E-state index in [2.05, 4.69) is 15.3 Å². The van der Waals surface area contributed by atoms with Crippen molar-refractivity contribution < 1.29 is 13.6 Å². The first-order valence-corrected chi connectivity index (χ1v) is 10.1. The number of nitrogens with zero attached hydrogens (tertiary/aromatic N) is 4. The summed E-state index contributed by atoms with van der Waals surface area (Å²) < 4.78 is 33.0. The third-order valence-corrected chi connectivity index (χ3v) is 6.11. The zero-order valence-electron chi connectivity index (χ0n) is 16.0. The van der Waals surface area contributed by atoms with Gasteiger partial charge in [0.2, 0.25) is 5.91 Å². The number of fused-ring (bicyclic) bond motifs is 1. The van der Waals surface area contributed by atoms with E-state index < -0.39 is 17.6 Å². The quantitative estimate of drug-likeness (QED) is 0.478. The van der Waals surface area contributed by atoms with Crippen molar-refractivity contribution in [1.82, 2.24) is 24.4 Å². The van der Waals surface area contributed by atoms with Crippen LogP contribution in [-0.2, 0) is 37.8 Å². The highest BCUT2D eigenvalue weighted by molar-refractivity contribution is 7.71. The minimum atomic E-state index is -0.744. The molecule has 3 heterocycles. The molecule has 1 amide bonds. The molecule has 0 bridgehead atoms. The lowest BCUT2D eigenvalue weighted by Gasteiger charge is -2.14. The number of benzene rings is 1. The predicted molar refractivity (Wildman–Crippen MR) is 110 cm³/mol. The maximum Gasteiger partial charge on any atom is 0.226 e. The normalized spacial score (nSPS) is 15.3. The van der Waals surface area contributed by atoms with Gasteiger partial charge in [0.15, 0.2) is 4.77 Å². The summed E-state index contributed by atoms with van der Waals surface area (Å²) in [4.78, 5) is 20.6. The highest BCUT2D eigenvalue weighted by Crippen LogP contribution is 2.37. The van der Waals surface area contributed by atoms with E-state index in [0.29, 0.717) is 23.4 Å². The lowest BCUT2D eigenvalue weighted by molar-refractivity contribution is -0.120. The molecular weight excluding hydrogens is 432 g/mol. The van der Waals surface area contributed by atoms with Crippen molar-refractivity contribution in [3.8, 4) is 0 Å². The summed E-state index contributed by atoms with van der Waals surface area (Å²) in [6, 6.07) is 2.38. The number of nitrogens with one attached hydrogen (secondary N) is 1. The van der Waals surface area contributed by atoms with Crippen LogP contribution in [0.25, 0.3) is 0 Å². The lowest BCUT2D eigenvalue weighted by Crippen LogP contribution is -2.26. The summed E-state index contributed by atoms with van der Waals surface area (Å²) in [5.41, 5.74) is 2.14. The molecule has 1 aliphatic heterocycles. The lowest BCUT2D eigenvalue weighted by atomic mass is 9.95. The van der Waals surface area contributed by atoms with Crippen LogP contribution in [0.3, 0.4) is 0 Å². The first-order valence-electron chi connectivity index (χ1n) is 9.29. The largest absolute Gasteiger partial charge is 0.350 e. The minimum absolute atomic E-state index is 0.0405. The SMILES string of the molecule is Cn1c(CC(=O)NCc2cnccn2)c2n(c1=S)CC(c1c(F)ccc(Cl)c1F)C2. The summed E-state index contributed by atoms with van der Waals surface area (Å²) in [7, 11) is 1.79. The van der Waals surface area contributed by atoms with Crippen LogP contribution in [0.1, 0.15) is 28.6 Å². The Balaban J connectivity index is 1.55. The first-order chi connectivity index (χ1) is 14.4. The molecule has 0 aliphatic carbocycles. The number of carbonyl (C=O) groups is 1. The van der Waals surface area contributed by atoms with Crippen LogP contribution in [0.5, 0.6) is 0 Å². The molecule has 4 rings (SSSR count). The van der Waals surface area contributed by atoms with Gasteiger partial charge < -0.3 is 14.5 Å². The molecule has 30 heavy (non-hydrogen) atoms. The molecule has 1 aromatic carbocycles. The molecule has 1 N–H and O–H groups in total. The van der Waals surface area contributed by atoms with Crippen LogP contribution in [-0.4, -0.2) is 25.0 Å². The number of hydrogen-bond acceptors (Lipinski definition) is 4. The van der Waals surface area contributed by atoms with Gasteiger partial charge in [-0.1, -0.05) is 11.6 Å². The second-order valence-corrected chi connectivity index (χ2v) is 7.93. The number of rotatable bonds is 5. The van der Waals surface area contributed by atoms with Crippen molar-refractivity contribution in [2.75, 3.05) is 0 Å². The Morgan fingerprint density at radius 2 is 2.17 bits per heavy atom. The average molecular weight is 450 g/mol. The number of hydrogen-bond donors (Lipinski definition) is 1. The van der Waals surface area contributed by atoms with Gasteiger partial charge in [0.1, 0.15) is 11.6 Å². The van der Waals surface area contributed by atoms with E-state index in [1.54, 1.807) is 30.2 Å². The second kappa shape index (κ2) is 8.23. The zero-order chi connectivity index (χ0) is 21.4. The molecule has 6 nitrogen and oxygen atoms in total. The van der Waals surface area contributed by atoms with E-state index in [1.807, 2.05) is 4.57 Å². The number of carbonyl (C=O) groups excluding carboxylic acids is 1. The summed E-state index contributed by atoms with van der Waals surface area (Å²) in [5.74, 6) is -2.02. The van der Waals surface area contributed by atoms with Gasteiger partial charge in [-0.3, -0.25) is 14.8 Å². The molecule has 0 radical (unpaired) electrons. The van der Waals surface area contributed by atoms with E-state index in [0.717, 1.165) is 11.4 Å². The number of aromatic nitrogens is 4. The van der Waals surface area contributed by atoms with Gasteiger partial charge in [0, 0.05) is 48.9 Å². The van der Waals surface area contributed by atoms with Crippen molar-refractivity contribution in [3.05, 3.63) is 74.8 Å². The highest BCUT2D eigenvalue weighted by Gasteiger charge is 2.32. The molecule has 1 atom stereocenters. The van der Waals surface area contributed by atoms with Crippen LogP contribution >= 0.6 is 23.8 Å². The molecule has 0 saturated heterocycles. The predicted octanol–water partition coefficient (Wildman–Crippen LogP) is 3.48. The maximum atomic E-state index is 14.5. The molecule has 0 saturated carbocycles. The standard InChI is InChI=1S/C20H18ClF2N5OS/c1-27-15(7-17(29)26-9-12-8-24-4-5-25-12)16-6-11(10-28(16)20(27)30)18-14(22)3-2-13(21)19(18)23/h2-5,8,11H,6-7,9-10H2,1H3,(H,26,29). The second-order valence-electron chi connectivity index (χ2n) is 7.15. The molecule has 156 valence electrons. The number of imidazole rings is 1. The van der Waals surface area contributed by atoms with Crippen LogP contribution in [0, 0.1) is 16.4 Å². The van der Waals surface area contributed by atoms with Gasteiger partial charge in [-0.2, -0.15) is 0 Å². The smallest absolute Gasteiger partial charge is 0.226 e.